The summed E-state index contributed by atoms with van der Waals surface area (Å²) in [7, 11) is 1.97. The van der Waals surface area contributed by atoms with Gasteiger partial charge in [0, 0.05) is 42.3 Å². The van der Waals surface area contributed by atoms with E-state index in [-0.39, 0.29) is 11.8 Å². The zero-order chi connectivity index (χ0) is 29.8. The number of nitrogens with one attached hydrogen (secondary N) is 2. The van der Waals surface area contributed by atoms with Crippen molar-refractivity contribution < 1.29 is 14.3 Å². The van der Waals surface area contributed by atoms with Gasteiger partial charge >= 0.3 is 0 Å². The lowest BCUT2D eigenvalue weighted by atomic mass is 10.0. The first kappa shape index (κ1) is 31.7. The molecule has 0 spiro atoms. The molecular weight excluding hydrogens is 514 g/mol. The molecule has 0 radical (unpaired) electrons. The van der Waals surface area contributed by atoms with E-state index in [9.17, 15) is 9.59 Å². The van der Waals surface area contributed by atoms with Crippen molar-refractivity contribution in [2.45, 2.75) is 78.1 Å². The van der Waals surface area contributed by atoms with E-state index < -0.39 is 17.6 Å². The second-order valence-corrected chi connectivity index (χ2v) is 12.0. The Bertz CT molecular complexity index is 1210. The van der Waals surface area contributed by atoms with Crippen LogP contribution in [0, 0.1) is 5.92 Å². The summed E-state index contributed by atoms with van der Waals surface area (Å²) in [5, 5.41) is 6.13. The second-order valence-electron chi connectivity index (χ2n) is 12.0. The number of carbonyl (C=O) groups excluding carboxylic acids is 2. The third kappa shape index (κ3) is 11.3. The molecule has 3 rings (SSSR count). The van der Waals surface area contributed by atoms with Gasteiger partial charge in [-0.15, -0.1) is 0 Å². The predicted molar refractivity (Wildman–Crippen MR) is 162 cm³/mol. The molecule has 41 heavy (non-hydrogen) atoms. The van der Waals surface area contributed by atoms with E-state index >= 15 is 0 Å². The lowest BCUT2D eigenvalue weighted by Gasteiger charge is -2.31. The average molecular weight is 560 g/mol. The average Bonchev–Trinajstić information content (AvgIpc) is 2.94. The van der Waals surface area contributed by atoms with E-state index in [1.165, 1.54) is 0 Å². The predicted octanol–water partition coefficient (Wildman–Crippen LogP) is 4.59. The number of hydrogen-bond donors (Lipinski definition) is 2. The van der Waals surface area contributed by atoms with Crippen LogP contribution in [0.15, 0.2) is 73.3 Å². The molecule has 0 fully saturated rings. The van der Waals surface area contributed by atoms with Crippen molar-refractivity contribution in [2.75, 3.05) is 13.6 Å². The van der Waals surface area contributed by atoms with Gasteiger partial charge < -0.3 is 15.4 Å². The molecule has 2 heterocycles. The van der Waals surface area contributed by atoms with E-state index in [2.05, 4.69) is 39.3 Å². The third-order valence-electron chi connectivity index (χ3n) is 6.67. The molecule has 0 saturated carbocycles. The normalized spacial score (nSPS) is 13.1. The van der Waals surface area contributed by atoms with E-state index in [1.807, 2.05) is 76.3 Å². The Kier molecular flexibility index (Phi) is 11.8. The second kappa shape index (κ2) is 15.3. The number of pyridine rings is 2. The molecule has 0 aliphatic carbocycles. The number of nitrogens with zero attached hydrogens (tertiary/aromatic N) is 3. The van der Waals surface area contributed by atoms with Gasteiger partial charge in [-0.25, -0.2) is 0 Å². The van der Waals surface area contributed by atoms with E-state index in [1.54, 1.807) is 24.8 Å². The van der Waals surface area contributed by atoms with Crippen molar-refractivity contribution in [1.29, 1.82) is 0 Å². The summed E-state index contributed by atoms with van der Waals surface area (Å²) in [4.78, 5) is 37.6. The quantitative estimate of drug-likeness (QED) is 0.300. The van der Waals surface area contributed by atoms with Gasteiger partial charge in [-0.2, -0.15) is 0 Å². The summed E-state index contributed by atoms with van der Waals surface area (Å²) in [6, 6.07) is 14.2. The largest absolute Gasteiger partial charge is 0.489 e. The molecule has 2 N–H and O–H groups in total. The van der Waals surface area contributed by atoms with Gasteiger partial charge in [0.15, 0.2) is 0 Å². The molecule has 1 aromatic carbocycles. The Hall–Kier alpha value is -3.78. The maximum Gasteiger partial charge on any atom is 0.243 e. The molecule has 8 nitrogen and oxygen atoms in total. The number of hydrogen-bond acceptors (Lipinski definition) is 6. The van der Waals surface area contributed by atoms with Crippen LogP contribution < -0.4 is 15.4 Å². The Morgan fingerprint density at radius 1 is 0.878 bits per heavy atom. The van der Waals surface area contributed by atoms with Gasteiger partial charge in [0.05, 0.1) is 6.04 Å². The van der Waals surface area contributed by atoms with Crippen LogP contribution in [0.3, 0.4) is 0 Å². The summed E-state index contributed by atoms with van der Waals surface area (Å²) >= 11 is 0. The highest BCUT2D eigenvalue weighted by molar-refractivity contribution is 5.90. The van der Waals surface area contributed by atoms with Crippen molar-refractivity contribution in [3.8, 4) is 5.75 Å². The Morgan fingerprint density at radius 2 is 1.51 bits per heavy atom. The monoisotopic (exact) mass is 559 g/mol. The lowest BCUT2D eigenvalue weighted by molar-refractivity contribution is -0.132. The molecule has 8 heteroatoms. The van der Waals surface area contributed by atoms with Crippen LogP contribution in [0.1, 0.15) is 57.7 Å². The number of benzene rings is 1. The Morgan fingerprint density at radius 3 is 2.07 bits per heavy atom. The molecular formula is C33H45N5O3. The number of amides is 2. The fourth-order valence-corrected chi connectivity index (χ4v) is 4.35. The Labute approximate surface area is 244 Å². The fraction of sp³-hybridized carbons (Fsp3) is 0.455. The van der Waals surface area contributed by atoms with Crippen LogP contribution in [-0.2, 0) is 29.0 Å². The van der Waals surface area contributed by atoms with Gasteiger partial charge in [0.25, 0.3) is 0 Å². The summed E-state index contributed by atoms with van der Waals surface area (Å²) < 4.78 is 5.88. The molecule has 0 aliphatic heterocycles. The number of ether oxygens (including phenoxy) is 1. The zero-order valence-corrected chi connectivity index (χ0v) is 25.3. The van der Waals surface area contributed by atoms with Crippen LogP contribution in [-0.4, -0.2) is 57.9 Å². The first-order valence-electron chi connectivity index (χ1n) is 14.3. The number of carbonyl (C=O) groups is 2. The zero-order valence-electron chi connectivity index (χ0n) is 25.3. The highest BCUT2D eigenvalue weighted by Gasteiger charge is 2.30. The lowest BCUT2D eigenvalue weighted by Crippen LogP contribution is -2.57. The minimum atomic E-state index is -0.737. The van der Waals surface area contributed by atoms with Crippen LogP contribution in [0.2, 0.25) is 0 Å². The van der Waals surface area contributed by atoms with Crippen molar-refractivity contribution in [2.24, 2.45) is 5.92 Å². The smallest absolute Gasteiger partial charge is 0.243 e. The third-order valence-corrected chi connectivity index (χ3v) is 6.67. The number of aromatic nitrogens is 2. The summed E-state index contributed by atoms with van der Waals surface area (Å²) in [6.45, 7) is 11.3. The van der Waals surface area contributed by atoms with Gasteiger partial charge in [-0.3, -0.25) is 24.5 Å². The summed E-state index contributed by atoms with van der Waals surface area (Å²) in [5.41, 5.74) is 2.44. The van der Waals surface area contributed by atoms with E-state index in [4.69, 9.17) is 4.74 Å². The fourth-order valence-electron chi connectivity index (χ4n) is 4.35. The summed E-state index contributed by atoms with van der Waals surface area (Å²) in [5.74, 6) is 0.847. The molecule has 2 aromatic heterocycles. The molecule has 0 saturated heterocycles. The van der Waals surface area contributed by atoms with Crippen LogP contribution >= 0.6 is 0 Å². The molecule has 2 unspecified atom stereocenters. The standard InChI is InChI=1S/C33H45N5O3/c1-24(2)15-18-38(6)30(20-26-9-7-16-34-21-26)32(40)36-29(31(39)37-33(3,4)5)19-25-11-13-28(14-12-25)41-23-27-10-8-17-35-22-27/h7-14,16-17,21-22,24,29-30H,15,18-20,23H2,1-6H3,(H,36,40)(H,37,39). The molecule has 2 amide bonds. The molecule has 2 atom stereocenters. The highest BCUT2D eigenvalue weighted by Crippen LogP contribution is 2.17. The van der Waals surface area contributed by atoms with Gasteiger partial charge in [0.2, 0.25) is 11.8 Å². The van der Waals surface area contributed by atoms with Gasteiger partial charge in [0.1, 0.15) is 18.4 Å². The topological polar surface area (TPSA) is 96.5 Å². The van der Waals surface area contributed by atoms with Gasteiger partial charge in [-0.05, 0) is 88.5 Å². The molecule has 0 aliphatic rings. The van der Waals surface area contributed by atoms with Gasteiger partial charge in [-0.1, -0.05) is 38.1 Å². The summed E-state index contributed by atoms with van der Waals surface area (Å²) in [6.07, 6.45) is 8.85. The first-order valence-corrected chi connectivity index (χ1v) is 14.3. The minimum absolute atomic E-state index is 0.175. The SMILES string of the molecule is CC(C)CCN(C)C(Cc1cccnc1)C(=O)NC(Cc1ccc(OCc2cccnc2)cc1)C(=O)NC(C)(C)C. The van der Waals surface area contributed by atoms with Crippen molar-refractivity contribution in [3.05, 3.63) is 90.0 Å². The number of rotatable bonds is 14. The minimum Gasteiger partial charge on any atom is -0.489 e. The van der Waals surface area contributed by atoms with Crippen LogP contribution in [0.4, 0.5) is 0 Å². The van der Waals surface area contributed by atoms with E-state index in [0.29, 0.717) is 25.4 Å². The Balaban J connectivity index is 1.75. The molecule has 220 valence electrons. The maximum atomic E-state index is 13.8. The van der Waals surface area contributed by atoms with Crippen molar-refractivity contribution in [3.63, 3.8) is 0 Å². The highest BCUT2D eigenvalue weighted by atomic mass is 16.5. The van der Waals surface area contributed by atoms with Crippen LogP contribution in [0.5, 0.6) is 5.75 Å². The number of likely N-dealkylation sites (N-methyl/N-ethyl adjacent to an activating group) is 1. The van der Waals surface area contributed by atoms with E-state index in [0.717, 1.165) is 35.4 Å². The molecule has 3 aromatic rings. The van der Waals surface area contributed by atoms with Crippen molar-refractivity contribution in [1.82, 2.24) is 25.5 Å². The molecule has 0 bridgehead atoms. The van der Waals surface area contributed by atoms with Crippen molar-refractivity contribution >= 4 is 11.8 Å². The first-order chi connectivity index (χ1) is 19.5. The van der Waals surface area contributed by atoms with Crippen LogP contribution in [0.25, 0.3) is 0 Å². The maximum absolute atomic E-state index is 13.8.